The van der Waals surface area contributed by atoms with Gasteiger partial charge in [0.25, 0.3) is 5.91 Å². The van der Waals surface area contributed by atoms with Gasteiger partial charge in [0, 0.05) is 30.8 Å². The number of carbonyl (C=O) groups excluding carboxylic acids is 2. The van der Waals surface area contributed by atoms with Crippen molar-refractivity contribution in [1.82, 2.24) is 5.32 Å². The smallest absolute Gasteiger partial charge is 0.251 e. The van der Waals surface area contributed by atoms with Gasteiger partial charge in [-0.15, -0.1) is 0 Å². The zero-order valence-electron chi connectivity index (χ0n) is 12.7. The Kier molecular flexibility index (Phi) is 5.78. The molecule has 21 heavy (non-hydrogen) atoms. The first kappa shape index (κ1) is 15.5. The number of rotatable bonds is 6. The summed E-state index contributed by atoms with van der Waals surface area (Å²) in [5.41, 5.74) is 1.54. The molecule has 1 N–H and O–H groups in total. The average molecular weight is 288 g/mol. The molecule has 0 radical (unpaired) electrons. The van der Waals surface area contributed by atoms with Crippen LogP contribution in [0.5, 0.6) is 0 Å². The molecular formula is C17H24N2O2. The summed E-state index contributed by atoms with van der Waals surface area (Å²) in [4.78, 5) is 25.6. The lowest BCUT2D eigenvalue weighted by molar-refractivity contribution is -0.119. The van der Waals surface area contributed by atoms with E-state index < -0.39 is 0 Å². The van der Waals surface area contributed by atoms with Crippen molar-refractivity contribution in [3.8, 4) is 0 Å². The highest BCUT2D eigenvalue weighted by atomic mass is 16.2. The summed E-state index contributed by atoms with van der Waals surface area (Å²) in [5, 5.41) is 2.92. The van der Waals surface area contributed by atoms with E-state index in [0.717, 1.165) is 50.9 Å². The van der Waals surface area contributed by atoms with Gasteiger partial charge >= 0.3 is 0 Å². The van der Waals surface area contributed by atoms with Crippen LogP contribution in [0.15, 0.2) is 24.3 Å². The Morgan fingerprint density at radius 2 is 1.95 bits per heavy atom. The zero-order valence-corrected chi connectivity index (χ0v) is 12.7. The zero-order chi connectivity index (χ0) is 15.1. The highest BCUT2D eigenvalue weighted by molar-refractivity contribution is 5.96. The molecule has 0 aliphatic carbocycles. The lowest BCUT2D eigenvalue weighted by Crippen LogP contribution is -2.35. The minimum Gasteiger partial charge on any atom is -0.352 e. The van der Waals surface area contributed by atoms with E-state index in [0.29, 0.717) is 12.0 Å². The molecule has 1 aromatic rings. The van der Waals surface area contributed by atoms with E-state index in [-0.39, 0.29) is 11.8 Å². The Morgan fingerprint density at radius 3 is 2.62 bits per heavy atom. The van der Waals surface area contributed by atoms with Gasteiger partial charge in [0.2, 0.25) is 5.91 Å². The largest absolute Gasteiger partial charge is 0.352 e. The van der Waals surface area contributed by atoms with E-state index in [1.54, 1.807) is 12.1 Å². The van der Waals surface area contributed by atoms with Crippen LogP contribution in [0.3, 0.4) is 0 Å². The molecule has 114 valence electrons. The van der Waals surface area contributed by atoms with Gasteiger partial charge in [0.05, 0.1) is 0 Å². The van der Waals surface area contributed by atoms with Crippen LogP contribution in [0.1, 0.15) is 55.8 Å². The fraction of sp³-hybridized carbons (Fsp3) is 0.529. The second kappa shape index (κ2) is 7.81. The number of nitrogens with zero attached hydrogens (tertiary/aromatic N) is 1. The number of nitrogens with one attached hydrogen (secondary N) is 1. The van der Waals surface area contributed by atoms with Crippen LogP contribution in [-0.4, -0.2) is 24.9 Å². The van der Waals surface area contributed by atoms with Crippen molar-refractivity contribution in [3.05, 3.63) is 29.8 Å². The van der Waals surface area contributed by atoms with Crippen molar-refractivity contribution in [1.29, 1.82) is 0 Å². The summed E-state index contributed by atoms with van der Waals surface area (Å²) < 4.78 is 0. The molecule has 1 aromatic carbocycles. The van der Waals surface area contributed by atoms with Crippen LogP contribution >= 0.6 is 0 Å². The minimum atomic E-state index is -0.0392. The average Bonchev–Trinajstić information content (AvgIpc) is 2.52. The Labute approximate surface area is 126 Å². The van der Waals surface area contributed by atoms with Gasteiger partial charge in [-0.25, -0.2) is 0 Å². The van der Waals surface area contributed by atoms with Gasteiger partial charge < -0.3 is 10.2 Å². The summed E-state index contributed by atoms with van der Waals surface area (Å²) in [6.07, 6.45) is 5.95. The predicted molar refractivity (Wildman–Crippen MR) is 84.5 cm³/mol. The van der Waals surface area contributed by atoms with Gasteiger partial charge in [-0.2, -0.15) is 0 Å². The second-order valence-corrected chi connectivity index (χ2v) is 5.51. The van der Waals surface area contributed by atoms with Gasteiger partial charge in [0.1, 0.15) is 0 Å². The Balaban J connectivity index is 1.92. The van der Waals surface area contributed by atoms with E-state index in [4.69, 9.17) is 0 Å². The summed E-state index contributed by atoms with van der Waals surface area (Å²) in [6.45, 7) is 3.64. The van der Waals surface area contributed by atoms with Gasteiger partial charge in [-0.1, -0.05) is 19.8 Å². The number of hydrogen-bond acceptors (Lipinski definition) is 2. The lowest BCUT2D eigenvalue weighted by atomic mass is 10.1. The highest BCUT2D eigenvalue weighted by Gasteiger charge is 2.19. The number of benzene rings is 1. The molecule has 4 nitrogen and oxygen atoms in total. The molecule has 0 unspecified atom stereocenters. The molecule has 1 heterocycles. The molecule has 1 saturated heterocycles. The maximum absolute atomic E-state index is 12.0. The molecule has 0 atom stereocenters. The molecule has 0 saturated carbocycles. The van der Waals surface area contributed by atoms with Crippen LogP contribution in [0.2, 0.25) is 0 Å². The first-order valence-corrected chi connectivity index (χ1v) is 7.91. The molecule has 2 rings (SSSR count). The summed E-state index contributed by atoms with van der Waals surface area (Å²) in [6, 6.07) is 7.33. The molecule has 0 spiro atoms. The number of piperidine rings is 1. The maximum atomic E-state index is 12.0. The standard InChI is InChI=1S/C17H24N2O2/c1-2-3-5-12-18-17(21)14-8-10-15(11-9-14)19-13-6-4-7-16(19)20/h8-11H,2-7,12-13H2,1H3,(H,18,21). The molecule has 0 bridgehead atoms. The Bertz CT molecular complexity index is 482. The first-order chi connectivity index (χ1) is 10.2. The normalized spacial score (nSPS) is 15.1. The van der Waals surface area contributed by atoms with E-state index in [9.17, 15) is 9.59 Å². The Morgan fingerprint density at radius 1 is 1.19 bits per heavy atom. The third-order valence-electron chi connectivity index (χ3n) is 3.83. The third-order valence-corrected chi connectivity index (χ3v) is 3.83. The minimum absolute atomic E-state index is 0.0392. The number of amides is 2. The molecule has 1 fully saturated rings. The van der Waals surface area contributed by atoms with Gasteiger partial charge in [-0.05, 0) is 43.5 Å². The third kappa shape index (κ3) is 4.31. The fourth-order valence-corrected chi connectivity index (χ4v) is 2.55. The fourth-order valence-electron chi connectivity index (χ4n) is 2.55. The van der Waals surface area contributed by atoms with Crippen LogP contribution in [0.25, 0.3) is 0 Å². The van der Waals surface area contributed by atoms with Gasteiger partial charge in [-0.3, -0.25) is 9.59 Å². The first-order valence-electron chi connectivity index (χ1n) is 7.91. The van der Waals surface area contributed by atoms with Crippen molar-refractivity contribution < 1.29 is 9.59 Å². The Hall–Kier alpha value is -1.84. The van der Waals surface area contributed by atoms with Gasteiger partial charge in [0.15, 0.2) is 0 Å². The van der Waals surface area contributed by atoms with Crippen molar-refractivity contribution in [2.24, 2.45) is 0 Å². The van der Waals surface area contributed by atoms with E-state index in [1.807, 2.05) is 17.0 Å². The molecule has 4 heteroatoms. The number of carbonyl (C=O) groups is 2. The van der Waals surface area contributed by atoms with Crippen molar-refractivity contribution in [2.75, 3.05) is 18.0 Å². The van der Waals surface area contributed by atoms with Crippen LogP contribution < -0.4 is 10.2 Å². The summed E-state index contributed by atoms with van der Waals surface area (Å²) >= 11 is 0. The molecule has 1 aliphatic heterocycles. The highest BCUT2D eigenvalue weighted by Crippen LogP contribution is 2.21. The summed E-state index contributed by atoms with van der Waals surface area (Å²) in [5.74, 6) is 0.139. The topological polar surface area (TPSA) is 49.4 Å². The van der Waals surface area contributed by atoms with E-state index in [2.05, 4.69) is 12.2 Å². The molecular weight excluding hydrogens is 264 g/mol. The summed E-state index contributed by atoms with van der Waals surface area (Å²) in [7, 11) is 0. The maximum Gasteiger partial charge on any atom is 0.251 e. The lowest BCUT2D eigenvalue weighted by Gasteiger charge is -2.26. The van der Waals surface area contributed by atoms with Crippen molar-refractivity contribution in [2.45, 2.75) is 45.4 Å². The predicted octanol–water partition coefficient (Wildman–Crippen LogP) is 3.12. The number of unbranched alkanes of at least 4 members (excludes halogenated alkanes) is 2. The van der Waals surface area contributed by atoms with Crippen LogP contribution in [0, 0.1) is 0 Å². The monoisotopic (exact) mass is 288 g/mol. The number of anilines is 1. The van der Waals surface area contributed by atoms with Crippen molar-refractivity contribution in [3.63, 3.8) is 0 Å². The second-order valence-electron chi connectivity index (χ2n) is 5.51. The van der Waals surface area contributed by atoms with Crippen molar-refractivity contribution >= 4 is 17.5 Å². The van der Waals surface area contributed by atoms with Crippen LogP contribution in [0.4, 0.5) is 5.69 Å². The molecule has 2 amide bonds. The quantitative estimate of drug-likeness (QED) is 0.818. The molecule has 1 aliphatic rings. The van der Waals surface area contributed by atoms with E-state index >= 15 is 0 Å². The van der Waals surface area contributed by atoms with E-state index in [1.165, 1.54) is 0 Å². The SMILES string of the molecule is CCCCCNC(=O)c1ccc(N2CCCCC2=O)cc1. The number of hydrogen-bond donors (Lipinski definition) is 1. The van der Waals surface area contributed by atoms with Crippen LogP contribution in [-0.2, 0) is 4.79 Å². The molecule has 0 aromatic heterocycles.